The topological polar surface area (TPSA) is 33.5 Å². The van der Waals surface area contributed by atoms with E-state index in [4.69, 9.17) is 0 Å². The monoisotopic (exact) mass is 391 g/mol. The van der Waals surface area contributed by atoms with E-state index in [9.17, 15) is 26.7 Å². The Hall–Kier alpha value is -2.13. The minimum absolute atomic E-state index is 0.220. The molecule has 0 spiro atoms. The molecule has 0 aromatic heterocycles. The lowest BCUT2D eigenvalue weighted by molar-refractivity contribution is -0.885. The largest absolute Gasteiger partial charge is 0.326 e. The summed E-state index contributed by atoms with van der Waals surface area (Å²) in [4.78, 5) is 13.2. The van der Waals surface area contributed by atoms with Gasteiger partial charge in [0.1, 0.15) is 6.54 Å². The first-order valence-corrected chi connectivity index (χ1v) is 8.73. The van der Waals surface area contributed by atoms with Crippen LogP contribution in [0.5, 0.6) is 0 Å². The molecule has 0 heterocycles. The summed E-state index contributed by atoms with van der Waals surface area (Å²) >= 11 is 1.43. The fraction of sp³-hybridized carbons (Fsp3) is 0.235. The van der Waals surface area contributed by atoms with Crippen LogP contribution >= 0.6 is 11.8 Å². The van der Waals surface area contributed by atoms with Crippen molar-refractivity contribution < 1.29 is 31.6 Å². The second-order valence-corrected chi connectivity index (χ2v) is 6.46. The highest BCUT2D eigenvalue weighted by Gasteiger charge is 2.27. The molecule has 0 aliphatic heterocycles. The van der Waals surface area contributed by atoms with Crippen molar-refractivity contribution in [2.45, 2.75) is 11.4 Å². The number of benzene rings is 2. The highest BCUT2D eigenvalue weighted by atomic mass is 32.2. The van der Waals surface area contributed by atoms with Gasteiger partial charge in [-0.1, -0.05) is 12.1 Å². The molecule has 26 heavy (non-hydrogen) atoms. The molecule has 2 aromatic rings. The van der Waals surface area contributed by atoms with E-state index in [1.54, 1.807) is 12.1 Å². The van der Waals surface area contributed by atoms with Gasteiger partial charge < -0.3 is 10.2 Å². The van der Waals surface area contributed by atoms with Crippen molar-refractivity contribution in [2.75, 3.05) is 25.2 Å². The maximum Gasteiger partial charge on any atom is 0.279 e. The molecule has 2 N–H and O–H groups in total. The number of rotatable bonds is 6. The smallest absolute Gasteiger partial charge is 0.279 e. The molecular weight excluding hydrogens is 375 g/mol. The van der Waals surface area contributed by atoms with Crippen LogP contribution in [0.2, 0.25) is 0 Å². The zero-order valence-corrected chi connectivity index (χ0v) is 14.7. The molecule has 0 saturated heterocycles. The van der Waals surface area contributed by atoms with Gasteiger partial charge in [0.05, 0.1) is 18.3 Å². The van der Waals surface area contributed by atoms with Gasteiger partial charge >= 0.3 is 0 Å². The normalized spacial score (nSPS) is 12.1. The molecule has 0 saturated carbocycles. The first kappa shape index (κ1) is 20.2. The molecule has 0 bridgehead atoms. The van der Waals surface area contributed by atoms with Crippen molar-refractivity contribution in [2.24, 2.45) is 0 Å². The summed E-state index contributed by atoms with van der Waals surface area (Å²) in [6, 6.07) is 7.05. The summed E-state index contributed by atoms with van der Waals surface area (Å²) in [6.07, 6.45) is 1.84. The van der Waals surface area contributed by atoms with E-state index < -0.39 is 47.1 Å². The SMILES string of the molecule is CSc1ccccc1NC(=O)C[NH+](C)Cc1c(F)c(F)c(F)c(F)c1F. The molecule has 0 fully saturated rings. The molecule has 140 valence electrons. The van der Waals surface area contributed by atoms with Crippen LogP contribution in [-0.4, -0.2) is 25.8 Å². The number of likely N-dealkylation sites (N-methyl/N-ethyl adjacent to an activating group) is 1. The fourth-order valence-electron chi connectivity index (χ4n) is 2.39. The van der Waals surface area contributed by atoms with Crippen LogP contribution in [0.3, 0.4) is 0 Å². The number of quaternary nitrogens is 1. The highest BCUT2D eigenvalue weighted by molar-refractivity contribution is 7.98. The number of anilines is 1. The van der Waals surface area contributed by atoms with Crippen molar-refractivity contribution >= 4 is 23.4 Å². The fourth-order valence-corrected chi connectivity index (χ4v) is 2.94. The lowest BCUT2D eigenvalue weighted by atomic mass is 10.1. The van der Waals surface area contributed by atoms with Gasteiger partial charge in [-0.05, 0) is 18.4 Å². The highest BCUT2D eigenvalue weighted by Crippen LogP contribution is 2.24. The second-order valence-electron chi connectivity index (χ2n) is 5.61. The first-order valence-electron chi connectivity index (χ1n) is 7.50. The molecule has 3 nitrogen and oxygen atoms in total. The minimum atomic E-state index is -2.20. The third-order valence-electron chi connectivity index (χ3n) is 3.62. The van der Waals surface area contributed by atoms with E-state index in [1.165, 1.54) is 18.8 Å². The van der Waals surface area contributed by atoms with Crippen LogP contribution in [0.4, 0.5) is 27.6 Å². The van der Waals surface area contributed by atoms with Gasteiger partial charge in [0.15, 0.2) is 29.8 Å². The molecule has 1 amide bonds. The van der Waals surface area contributed by atoms with Crippen molar-refractivity contribution in [3.63, 3.8) is 0 Å². The van der Waals surface area contributed by atoms with Crippen molar-refractivity contribution in [3.05, 3.63) is 58.9 Å². The Balaban J connectivity index is 2.10. The third-order valence-corrected chi connectivity index (χ3v) is 4.42. The summed E-state index contributed by atoms with van der Waals surface area (Å²) in [5, 5.41) is 2.66. The Morgan fingerprint density at radius 2 is 1.54 bits per heavy atom. The minimum Gasteiger partial charge on any atom is -0.326 e. The first-order chi connectivity index (χ1) is 12.3. The Kier molecular flexibility index (Phi) is 6.60. The quantitative estimate of drug-likeness (QED) is 0.344. The number of carbonyl (C=O) groups excluding carboxylic acids is 1. The zero-order valence-electron chi connectivity index (χ0n) is 13.9. The predicted octanol–water partition coefficient (Wildman–Crippen LogP) is 2.76. The molecule has 0 radical (unpaired) electrons. The lowest BCUT2D eigenvalue weighted by Gasteiger charge is -2.16. The number of halogens is 5. The van der Waals surface area contributed by atoms with Crippen LogP contribution in [0.15, 0.2) is 29.2 Å². The average molecular weight is 391 g/mol. The molecule has 0 aliphatic rings. The number of thioether (sulfide) groups is 1. The van der Waals surface area contributed by atoms with Crippen molar-refractivity contribution in [1.82, 2.24) is 0 Å². The van der Waals surface area contributed by atoms with E-state index in [0.29, 0.717) is 5.69 Å². The molecule has 1 atom stereocenters. The van der Waals surface area contributed by atoms with Gasteiger partial charge in [-0.25, -0.2) is 22.0 Å². The molecule has 2 aromatic carbocycles. The Bertz CT molecular complexity index is 802. The number of para-hydroxylation sites is 1. The van der Waals surface area contributed by atoms with Crippen LogP contribution in [0, 0.1) is 29.1 Å². The lowest BCUT2D eigenvalue weighted by Crippen LogP contribution is -3.08. The standard InChI is InChI=1S/C17H15F5N2OS/c1-24(7-9-13(18)15(20)17(22)16(21)14(9)19)8-12(25)23-10-5-3-4-6-11(10)26-2/h3-6H,7-8H2,1-2H3,(H,23,25)/p+1. The van der Waals surface area contributed by atoms with Gasteiger partial charge in [0.2, 0.25) is 5.82 Å². The van der Waals surface area contributed by atoms with Crippen LogP contribution in [-0.2, 0) is 11.3 Å². The predicted molar refractivity (Wildman–Crippen MR) is 88.5 cm³/mol. The van der Waals surface area contributed by atoms with Gasteiger partial charge in [0.25, 0.3) is 5.91 Å². The number of hydrogen-bond acceptors (Lipinski definition) is 2. The summed E-state index contributed by atoms with van der Waals surface area (Å²) in [6.45, 7) is -0.758. The molecule has 1 unspecified atom stereocenters. The van der Waals surface area contributed by atoms with E-state index in [-0.39, 0.29) is 11.4 Å². The maximum atomic E-state index is 13.7. The van der Waals surface area contributed by atoms with Crippen molar-refractivity contribution in [1.29, 1.82) is 0 Å². The molecule has 9 heteroatoms. The van der Waals surface area contributed by atoms with E-state index in [0.717, 1.165) is 4.90 Å². The maximum absolute atomic E-state index is 13.7. The van der Waals surface area contributed by atoms with Gasteiger partial charge in [-0.2, -0.15) is 0 Å². The Morgan fingerprint density at radius 1 is 1.00 bits per heavy atom. The Labute approximate surface area is 151 Å². The molecule has 2 rings (SSSR count). The molecule has 0 aliphatic carbocycles. The number of amides is 1. The van der Waals surface area contributed by atoms with Crippen LogP contribution in [0.1, 0.15) is 5.56 Å². The summed E-state index contributed by atoms with van der Waals surface area (Å²) in [5.41, 5.74) is -0.370. The van der Waals surface area contributed by atoms with Gasteiger partial charge in [-0.15, -0.1) is 11.8 Å². The van der Waals surface area contributed by atoms with Gasteiger partial charge in [0, 0.05) is 4.90 Å². The van der Waals surface area contributed by atoms with E-state index in [2.05, 4.69) is 5.32 Å². The van der Waals surface area contributed by atoms with Crippen LogP contribution in [0.25, 0.3) is 0 Å². The van der Waals surface area contributed by atoms with Crippen LogP contribution < -0.4 is 10.2 Å². The summed E-state index contributed by atoms with van der Waals surface area (Å²) in [7, 11) is 1.41. The van der Waals surface area contributed by atoms with E-state index in [1.807, 2.05) is 18.4 Å². The zero-order chi connectivity index (χ0) is 19.4. The van der Waals surface area contributed by atoms with Gasteiger partial charge in [-0.3, -0.25) is 4.79 Å². The number of hydrogen-bond donors (Lipinski definition) is 2. The number of nitrogens with one attached hydrogen (secondary N) is 2. The summed E-state index contributed by atoms with van der Waals surface area (Å²) < 4.78 is 66.9. The van der Waals surface area contributed by atoms with Crippen molar-refractivity contribution in [3.8, 4) is 0 Å². The third kappa shape index (κ3) is 4.34. The average Bonchev–Trinajstić information content (AvgIpc) is 2.62. The number of carbonyl (C=O) groups is 1. The van der Waals surface area contributed by atoms with E-state index >= 15 is 0 Å². The second kappa shape index (κ2) is 8.50. The molecular formula is C17H16F5N2OS+. The Morgan fingerprint density at radius 3 is 2.12 bits per heavy atom. The summed E-state index contributed by atoms with van der Waals surface area (Å²) in [5.74, 6) is -10.4.